The van der Waals surface area contributed by atoms with Crippen LogP contribution in [0.3, 0.4) is 0 Å². The average molecular weight is 257 g/mol. The van der Waals surface area contributed by atoms with E-state index in [0.717, 1.165) is 29.2 Å². The third kappa shape index (κ3) is 2.20. The van der Waals surface area contributed by atoms with E-state index in [-0.39, 0.29) is 0 Å². The number of aryl methyl sites for hydroxylation is 1. The minimum absolute atomic E-state index is 0.431. The maximum atomic E-state index is 5.85. The van der Waals surface area contributed by atoms with E-state index in [0.29, 0.717) is 11.3 Å². The maximum absolute atomic E-state index is 5.85. The van der Waals surface area contributed by atoms with E-state index in [1.165, 1.54) is 6.42 Å². The van der Waals surface area contributed by atoms with Crippen LogP contribution in [0.1, 0.15) is 25.8 Å². The Bertz CT molecular complexity index is 614. The quantitative estimate of drug-likeness (QED) is 0.856. The van der Waals surface area contributed by atoms with Crippen molar-refractivity contribution in [1.29, 1.82) is 0 Å². The van der Waals surface area contributed by atoms with Gasteiger partial charge in [-0.05, 0) is 58.9 Å². The number of hydrogen-bond donors (Lipinski definition) is 1. The van der Waals surface area contributed by atoms with Gasteiger partial charge >= 0.3 is 0 Å². The van der Waals surface area contributed by atoms with Crippen molar-refractivity contribution in [2.45, 2.75) is 33.7 Å². The Kier molecular flexibility index (Phi) is 2.59. The highest BCUT2D eigenvalue weighted by Crippen LogP contribution is 2.52. The van der Waals surface area contributed by atoms with Crippen molar-refractivity contribution >= 4 is 5.69 Å². The molecule has 100 valence electrons. The van der Waals surface area contributed by atoms with Crippen LogP contribution in [0.15, 0.2) is 18.2 Å². The SMILES string of the molecule is Cc1cc(-c2nnnn2CC2CC2(C)C)ccc1N. The molecule has 1 aromatic heterocycles. The minimum atomic E-state index is 0.431. The van der Waals surface area contributed by atoms with Gasteiger partial charge in [0.1, 0.15) is 0 Å². The van der Waals surface area contributed by atoms with E-state index in [4.69, 9.17) is 5.73 Å². The number of aromatic nitrogens is 4. The van der Waals surface area contributed by atoms with E-state index in [9.17, 15) is 0 Å². The molecule has 0 bridgehead atoms. The normalized spacial score (nSPS) is 20.5. The van der Waals surface area contributed by atoms with Crippen LogP contribution in [0.4, 0.5) is 5.69 Å². The number of anilines is 1. The summed E-state index contributed by atoms with van der Waals surface area (Å²) in [5.41, 5.74) is 9.15. The van der Waals surface area contributed by atoms with Crippen molar-refractivity contribution in [3.63, 3.8) is 0 Å². The van der Waals surface area contributed by atoms with Gasteiger partial charge in [0.2, 0.25) is 0 Å². The van der Waals surface area contributed by atoms with E-state index in [1.54, 1.807) is 0 Å². The summed E-state index contributed by atoms with van der Waals surface area (Å²) in [4.78, 5) is 0. The second-order valence-corrected chi connectivity index (χ2v) is 6.15. The molecule has 5 nitrogen and oxygen atoms in total. The molecular weight excluding hydrogens is 238 g/mol. The van der Waals surface area contributed by atoms with Crippen LogP contribution in [0.5, 0.6) is 0 Å². The molecule has 1 aliphatic rings. The molecular formula is C14H19N5. The summed E-state index contributed by atoms with van der Waals surface area (Å²) in [6, 6.07) is 5.92. The van der Waals surface area contributed by atoms with Gasteiger partial charge in [-0.3, -0.25) is 0 Å². The molecule has 1 unspecified atom stereocenters. The Balaban J connectivity index is 1.89. The van der Waals surface area contributed by atoms with Crippen LogP contribution in [-0.2, 0) is 6.54 Å². The second-order valence-electron chi connectivity index (χ2n) is 6.15. The van der Waals surface area contributed by atoms with E-state index in [2.05, 4.69) is 29.4 Å². The molecule has 0 amide bonds. The predicted molar refractivity (Wildman–Crippen MR) is 74.3 cm³/mol. The summed E-state index contributed by atoms with van der Waals surface area (Å²) in [6.07, 6.45) is 1.24. The third-order valence-electron chi connectivity index (χ3n) is 4.17. The van der Waals surface area contributed by atoms with Crippen molar-refractivity contribution in [1.82, 2.24) is 20.2 Å². The van der Waals surface area contributed by atoms with Gasteiger partial charge in [0.25, 0.3) is 0 Å². The average Bonchev–Trinajstić information content (AvgIpc) is 2.75. The topological polar surface area (TPSA) is 69.6 Å². The highest BCUT2D eigenvalue weighted by molar-refractivity contribution is 5.61. The first-order valence-electron chi connectivity index (χ1n) is 6.60. The Hall–Kier alpha value is -1.91. The summed E-state index contributed by atoms with van der Waals surface area (Å²) >= 11 is 0. The fourth-order valence-electron chi connectivity index (χ4n) is 2.45. The van der Waals surface area contributed by atoms with Gasteiger partial charge in [-0.25, -0.2) is 4.68 Å². The standard InChI is InChI=1S/C14H19N5/c1-9-6-10(4-5-12(9)15)13-16-17-18-19(13)8-11-7-14(11,2)3/h4-6,11H,7-8,15H2,1-3H3. The highest BCUT2D eigenvalue weighted by atomic mass is 15.5. The zero-order valence-electron chi connectivity index (χ0n) is 11.6. The number of nitrogens with two attached hydrogens (primary N) is 1. The van der Waals surface area contributed by atoms with Gasteiger partial charge in [-0.1, -0.05) is 13.8 Å². The lowest BCUT2D eigenvalue weighted by molar-refractivity contribution is 0.467. The number of nitrogens with zero attached hydrogens (tertiary/aromatic N) is 4. The molecule has 1 aliphatic carbocycles. The lowest BCUT2D eigenvalue weighted by Crippen LogP contribution is -2.07. The van der Waals surface area contributed by atoms with Crippen LogP contribution < -0.4 is 5.73 Å². The van der Waals surface area contributed by atoms with Crippen LogP contribution in [0, 0.1) is 18.3 Å². The van der Waals surface area contributed by atoms with Crippen molar-refractivity contribution in [2.24, 2.45) is 11.3 Å². The number of hydrogen-bond acceptors (Lipinski definition) is 4. The highest BCUT2D eigenvalue weighted by Gasteiger charge is 2.46. The van der Waals surface area contributed by atoms with Crippen LogP contribution in [0.2, 0.25) is 0 Å². The molecule has 0 saturated heterocycles. The third-order valence-corrected chi connectivity index (χ3v) is 4.17. The molecule has 0 aliphatic heterocycles. The summed E-state index contributed by atoms with van der Waals surface area (Å²) in [6.45, 7) is 7.46. The molecule has 2 N–H and O–H groups in total. The summed E-state index contributed by atoms with van der Waals surface area (Å²) in [5, 5.41) is 12.1. The number of nitrogen functional groups attached to an aromatic ring is 1. The fourth-order valence-corrected chi connectivity index (χ4v) is 2.45. The summed E-state index contributed by atoms with van der Waals surface area (Å²) in [7, 11) is 0. The lowest BCUT2D eigenvalue weighted by atomic mass is 10.1. The zero-order chi connectivity index (χ0) is 13.6. The van der Waals surface area contributed by atoms with E-state index < -0.39 is 0 Å². The fraction of sp³-hybridized carbons (Fsp3) is 0.500. The Morgan fingerprint density at radius 3 is 2.79 bits per heavy atom. The number of rotatable bonds is 3. The molecule has 0 spiro atoms. The van der Waals surface area contributed by atoms with E-state index in [1.807, 2.05) is 29.8 Å². The van der Waals surface area contributed by atoms with Gasteiger partial charge in [0.05, 0.1) is 0 Å². The van der Waals surface area contributed by atoms with Gasteiger partial charge in [0, 0.05) is 17.8 Å². The monoisotopic (exact) mass is 257 g/mol. The van der Waals surface area contributed by atoms with Gasteiger partial charge in [0.15, 0.2) is 5.82 Å². The maximum Gasteiger partial charge on any atom is 0.182 e. The van der Waals surface area contributed by atoms with Crippen molar-refractivity contribution < 1.29 is 0 Å². The van der Waals surface area contributed by atoms with Crippen LogP contribution in [0.25, 0.3) is 11.4 Å². The molecule has 1 atom stereocenters. The summed E-state index contributed by atoms with van der Waals surface area (Å²) in [5.74, 6) is 1.50. The second kappa shape index (κ2) is 4.05. The smallest absolute Gasteiger partial charge is 0.182 e. The largest absolute Gasteiger partial charge is 0.399 e. The van der Waals surface area contributed by atoms with Crippen molar-refractivity contribution in [3.8, 4) is 11.4 Å². The molecule has 1 fully saturated rings. The van der Waals surface area contributed by atoms with E-state index >= 15 is 0 Å². The molecule has 2 aromatic rings. The molecule has 1 aromatic carbocycles. The first kappa shape index (κ1) is 12.1. The zero-order valence-corrected chi connectivity index (χ0v) is 11.6. The Morgan fingerprint density at radius 1 is 1.42 bits per heavy atom. The molecule has 0 radical (unpaired) electrons. The van der Waals surface area contributed by atoms with Gasteiger partial charge in [-0.2, -0.15) is 0 Å². The Labute approximate surface area is 112 Å². The lowest BCUT2D eigenvalue weighted by Gasteiger charge is -2.07. The Morgan fingerprint density at radius 2 is 2.16 bits per heavy atom. The van der Waals surface area contributed by atoms with Crippen LogP contribution in [-0.4, -0.2) is 20.2 Å². The van der Waals surface area contributed by atoms with Crippen molar-refractivity contribution in [3.05, 3.63) is 23.8 Å². The molecule has 1 heterocycles. The first-order valence-corrected chi connectivity index (χ1v) is 6.60. The minimum Gasteiger partial charge on any atom is -0.399 e. The predicted octanol–water partition coefficient (Wildman–Crippen LogP) is 2.28. The summed E-state index contributed by atoms with van der Waals surface area (Å²) < 4.78 is 1.91. The first-order chi connectivity index (χ1) is 8.97. The number of benzene rings is 1. The molecule has 19 heavy (non-hydrogen) atoms. The van der Waals surface area contributed by atoms with Gasteiger partial charge in [-0.15, -0.1) is 5.10 Å². The van der Waals surface area contributed by atoms with Gasteiger partial charge < -0.3 is 5.73 Å². The molecule has 5 heteroatoms. The number of tetrazole rings is 1. The molecule has 3 rings (SSSR count). The van der Waals surface area contributed by atoms with Crippen LogP contribution >= 0.6 is 0 Å². The molecule has 1 saturated carbocycles. The van der Waals surface area contributed by atoms with Crippen molar-refractivity contribution in [2.75, 3.05) is 5.73 Å².